The summed E-state index contributed by atoms with van der Waals surface area (Å²) in [5.41, 5.74) is 5.78. The van der Waals surface area contributed by atoms with Crippen LogP contribution in [0, 0.1) is 5.92 Å². The monoisotopic (exact) mass is 269 g/mol. The highest BCUT2D eigenvalue weighted by molar-refractivity contribution is 5.81. The second-order valence-electron chi connectivity index (χ2n) is 5.72. The van der Waals surface area contributed by atoms with E-state index in [9.17, 15) is 4.79 Å². The topological polar surface area (TPSA) is 58.8 Å². The van der Waals surface area contributed by atoms with Gasteiger partial charge in [-0.2, -0.15) is 0 Å². The zero-order chi connectivity index (χ0) is 13.8. The fourth-order valence-corrected chi connectivity index (χ4v) is 3.07. The van der Waals surface area contributed by atoms with Crippen LogP contribution in [0.2, 0.25) is 0 Å². The average molecular weight is 269 g/mol. The van der Waals surface area contributed by atoms with Crippen molar-refractivity contribution in [3.63, 3.8) is 0 Å². The van der Waals surface area contributed by atoms with E-state index in [1.54, 1.807) is 0 Å². The van der Waals surface area contributed by atoms with Gasteiger partial charge in [0.2, 0.25) is 0 Å². The Morgan fingerprint density at radius 1 is 1.37 bits per heavy atom. The molecular weight excluding hydrogens is 242 g/mol. The molecule has 0 aromatic carbocycles. The highest BCUT2D eigenvalue weighted by Crippen LogP contribution is 2.22. The summed E-state index contributed by atoms with van der Waals surface area (Å²) in [6.07, 6.45) is 1.87. The van der Waals surface area contributed by atoms with E-state index >= 15 is 0 Å². The van der Waals surface area contributed by atoms with Gasteiger partial charge in [0.15, 0.2) is 0 Å². The fourth-order valence-electron chi connectivity index (χ4n) is 3.07. The maximum atomic E-state index is 12.4. The van der Waals surface area contributed by atoms with Crippen molar-refractivity contribution in [2.24, 2.45) is 11.7 Å². The van der Waals surface area contributed by atoms with Gasteiger partial charge in [-0.1, -0.05) is 13.8 Å². The third-order valence-corrected chi connectivity index (χ3v) is 4.52. The second-order valence-corrected chi connectivity index (χ2v) is 5.72. The first-order valence-electron chi connectivity index (χ1n) is 7.51. The molecule has 0 aromatic rings. The molecule has 2 heterocycles. The van der Waals surface area contributed by atoms with Crippen LogP contribution in [0.4, 0.5) is 0 Å². The Balaban J connectivity index is 1.84. The van der Waals surface area contributed by atoms with E-state index in [1.165, 1.54) is 0 Å². The van der Waals surface area contributed by atoms with Crippen molar-refractivity contribution in [3.05, 3.63) is 0 Å². The zero-order valence-electron chi connectivity index (χ0n) is 12.2. The van der Waals surface area contributed by atoms with Crippen LogP contribution in [-0.2, 0) is 9.53 Å². The number of ether oxygens (including phenoxy) is 1. The molecule has 2 saturated heterocycles. The van der Waals surface area contributed by atoms with Gasteiger partial charge in [-0.25, -0.2) is 0 Å². The molecule has 2 rings (SSSR count). The highest BCUT2D eigenvalue weighted by Gasteiger charge is 2.35. The number of amides is 1. The lowest BCUT2D eigenvalue weighted by molar-refractivity contribution is -0.144. The second kappa shape index (κ2) is 6.68. The van der Waals surface area contributed by atoms with Gasteiger partial charge in [0.05, 0.1) is 0 Å². The lowest BCUT2D eigenvalue weighted by Gasteiger charge is -2.39. The minimum atomic E-state index is -0.206. The van der Waals surface area contributed by atoms with Gasteiger partial charge in [-0.15, -0.1) is 0 Å². The minimum Gasteiger partial charge on any atom is -0.368 e. The number of carbonyl (C=O) groups is 1. The van der Waals surface area contributed by atoms with Gasteiger partial charge in [-0.3, -0.25) is 9.69 Å². The summed E-state index contributed by atoms with van der Waals surface area (Å²) in [5, 5.41) is 0. The van der Waals surface area contributed by atoms with Crippen molar-refractivity contribution >= 4 is 5.91 Å². The van der Waals surface area contributed by atoms with Gasteiger partial charge in [0, 0.05) is 45.4 Å². The molecule has 0 spiro atoms. The molecule has 2 N–H and O–H groups in total. The van der Waals surface area contributed by atoms with E-state index in [0.717, 1.165) is 45.6 Å². The molecule has 2 fully saturated rings. The van der Waals surface area contributed by atoms with Crippen LogP contribution in [-0.4, -0.2) is 67.2 Å². The number of carbonyl (C=O) groups excluding carboxylic acids is 1. The van der Waals surface area contributed by atoms with Gasteiger partial charge < -0.3 is 15.4 Å². The Bertz CT molecular complexity index is 299. The minimum absolute atomic E-state index is 0.186. The van der Waals surface area contributed by atoms with Crippen LogP contribution in [0.15, 0.2) is 0 Å². The molecule has 5 heteroatoms. The number of hydrogen-bond donors (Lipinski definition) is 1. The normalized spacial score (nSPS) is 30.6. The van der Waals surface area contributed by atoms with Crippen LogP contribution in [0.25, 0.3) is 0 Å². The first kappa shape index (κ1) is 14.8. The lowest BCUT2D eigenvalue weighted by atomic mass is 10.0. The average Bonchev–Trinajstić information content (AvgIpc) is 2.86. The summed E-state index contributed by atoms with van der Waals surface area (Å²) in [6.45, 7) is 9.18. The fraction of sp³-hybridized carbons (Fsp3) is 0.929. The van der Waals surface area contributed by atoms with Crippen LogP contribution >= 0.6 is 0 Å². The smallest absolute Gasteiger partial charge is 0.252 e. The van der Waals surface area contributed by atoms with Crippen LogP contribution in [0.5, 0.6) is 0 Å². The van der Waals surface area contributed by atoms with Crippen LogP contribution in [0.3, 0.4) is 0 Å². The van der Waals surface area contributed by atoms with E-state index in [2.05, 4.69) is 18.7 Å². The summed E-state index contributed by atoms with van der Waals surface area (Å²) >= 11 is 0. The molecule has 3 atom stereocenters. The first-order chi connectivity index (χ1) is 9.17. The van der Waals surface area contributed by atoms with Crippen molar-refractivity contribution in [3.8, 4) is 0 Å². The molecule has 0 radical (unpaired) electrons. The molecule has 110 valence electrons. The molecule has 1 amide bonds. The predicted octanol–water partition coefficient (Wildman–Crippen LogP) is 0.293. The molecule has 2 aliphatic heterocycles. The highest BCUT2D eigenvalue weighted by atomic mass is 16.5. The molecular formula is C14H27N3O2. The Kier molecular flexibility index (Phi) is 5.19. The molecule has 0 aliphatic carbocycles. The van der Waals surface area contributed by atoms with Crippen LogP contribution in [0.1, 0.15) is 26.7 Å². The molecule has 5 nitrogen and oxygen atoms in total. The molecule has 0 saturated carbocycles. The molecule has 3 unspecified atom stereocenters. The van der Waals surface area contributed by atoms with E-state index in [-0.39, 0.29) is 12.0 Å². The number of hydrogen-bond acceptors (Lipinski definition) is 4. The number of rotatable bonds is 4. The van der Waals surface area contributed by atoms with Gasteiger partial charge in [0.1, 0.15) is 6.10 Å². The van der Waals surface area contributed by atoms with Gasteiger partial charge in [-0.05, 0) is 18.8 Å². The number of nitrogens with zero attached hydrogens (tertiary/aromatic N) is 2. The summed E-state index contributed by atoms with van der Waals surface area (Å²) in [7, 11) is 0. The third kappa shape index (κ3) is 3.27. The first-order valence-corrected chi connectivity index (χ1v) is 7.51. The SMILES string of the molecule is CCC(CN)N1CCN(C(=O)C2OCCC2C)CC1. The maximum Gasteiger partial charge on any atom is 0.252 e. The van der Waals surface area contributed by atoms with Crippen molar-refractivity contribution < 1.29 is 9.53 Å². The molecule has 0 aromatic heterocycles. The summed E-state index contributed by atoms with van der Waals surface area (Å²) in [6, 6.07) is 0.457. The van der Waals surface area contributed by atoms with E-state index < -0.39 is 0 Å². The van der Waals surface area contributed by atoms with Crippen molar-refractivity contribution in [2.45, 2.75) is 38.8 Å². The Morgan fingerprint density at radius 3 is 2.53 bits per heavy atom. The van der Waals surface area contributed by atoms with Crippen molar-refractivity contribution in [1.82, 2.24) is 9.80 Å². The predicted molar refractivity (Wildman–Crippen MR) is 74.8 cm³/mol. The zero-order valence-corrected chi connectivity index (χ0v) is 12.2. The maximum absolute atomic E-state index is 12.4. The van der Waals surface area contributed by atoms with Crippen molar-refractivity contribution in [1.29, 1.82) is 0 Å². The molecule has 2 aliphatic rings. The number of piperazine rings is 1. The Morgan fingerprint density at radius 2 is 2.05 bits per heavy atom. The standard InChI is InChI=1S/C14H27N3O2/c1-3-12(10-15)16-5-7-17(8-6-16)14(18)13-11(2)4-9-19-13/h11-13H,3-10,15H2,1-2H3. The van der Waals surface area contributed by atoms with E-state index in [0.29, 0.717) is 18.5 Å². The lowest BCUT2D eigenvalue weighted by Crippen LogP contribution is -2.55. The van der Waals surface area contributed by atoms with Crippen molar-refractivity contribution in [2.75, 3.05) is 39.3 Å². The van der Waals surface area contributed by atoms with Crippen LogP contribution < -0.4 is 5.73 Å². The van der Waals surface area contributed by atoms with E-state index in [1.807, 2.05) is 4.90 Å². The third-order valence-electron chi connectivity index (χ3n) is 4.52. The Hall–Kier alpha value is -0.650. The van der Waals surface area contributed by atoms with E-state index in [4.69, 9.17) is 10.5 Å². The van der Waals surface area contributed by atoms with Gasteiger partial charge in [0.25, 0.3) is 5.91 Å². The number of nitrogens with two attached hydrogens (primary N) is 1. The quantitative estimate of drug-likeness (QED) is 0.797. The Labute approximate surface area is 116 Å². The summed E-state index contributed by atoms with van der Waals surface area (Å²) < 4.78 is 5.57. The summed E-state index contributed by atoms with van der Waals surface area (Å²) in [5.74, 6) is 0.545. The molecule has 0 bridgehead atoms. The molecule has 19 heavy (non-hydrogen) atoms. The largest absolute Gasteiger partial charge is 0.368 e. The van der Waals surface area contributed by atoms with Gasteiger partial charge >= 0.3 is 0 Å². The summed E-state index contributed by atoms with van der Waals surface area (Å²) in [4.78, 5) is 16.8.